The van der Waals surface area contributed by atoms with E-state index in [2.05, 4.69) is 49.1 Å². The Labute approximate surface area is 128 Å². The molecule has 1 aromatic carbocycles. The number of hydrogen-bond donors (Lipinski definition) is 1. The topological polar surface area (TPSA) is 18.5 Å². The third kappa shape index (κ3) is 4.97. The van der Waals surface area contributed by atoms with E-state index in [1.54, 1.807) is 12.1 Å². The van der Waals surface area contributed by atoms with Crippen molar-refractivity contribution < 1.29 is 4.39 Å². The van der Waals surface area contributed by atoms with Crippen LogP contribution in [-0.2, 0) is 6.54 Å². The number of nitrogens with zero attached hydrogens (tertiary/aromatic N) is 2. The van der Waals surface area contributed by atoms with Crippen LogP contribution in [0.25, 0.3) is 0 Å². The maximum absolute atomic E-state index is 13.9. The third-order valence-electron chi connectivity index (χ3n) is 3.95. The minimum atomic E-state index is -0.143. The molecule has 1 unspecified atom stereocenters. The summed E-state index contributed by atoms with van der Waals surface area (Å²) in [4.78, 5) is 4.44. The number of benzene rings is 1. The SMILES string of the molecule is CCN(c1cc(F)cc(CNC2CC2)c1)C(C)CN(C)C. The minimum absolute atomic E-state index is 0.143. The number of rotatable bonds is 8. The predicted molar refractivity (Wildman–Crippen MR) is 87.3 cm³/mol. The van der Waals surface area contributed by atoms with Crippen molar-refractivity contribution in [1.82, 2.24) is 10.2 Å². The minimum Gasteiger partial charge on any atom is -0.368 e. The number of likely N-dealkylation sites (N-methyl/N-ethyl adjacent to an activating group) is 2. The zero-order valence-electron chi connectivity index (χ0n) is 13.7. The van der Waals surface area contributed by atoms with Gasteiger partial charge in [-0.25, -0.2) is 4.39 Å². The molecule has 118 valence electrons. The molecule has 1 saturated carbocycles. The van der Waals surface area contributed by atoms with Gasteiger partial charge in [-0.1, -0.05) is 0 Å². The molecule has 1 fully saturated rings. The van der Waals surface area contributed by atoms with Gasteiger partial charge in [-0.2, -0.15) is 0 Å². The summed E-state index contributed by atoms with van der Waals surface area (Å²) in [5.74, 6) is -0.143. The molecule has 21 heavy (non-hydrogen) atoms. The summed E-state index contributed by atoms with van der Waals surface area (Å²) >= 11 is 0. The van der Waals surface area contributed by atoms with Crippen LogP contribution in [0.4, 0.5) is 10.1 Å². The lowest BCUT2D eigenvalue weighted by atomic mass is 10.1. The van der Waals surface area contributed by atoms with Crippen molar-refractivity contribution >= 4 is 5.69 Å². The maximum atomic E-state index is 13.9. The summed E-state index contributed by atoms with van der Waals surface area (Å²) in [6, 6.07) is 6.41. The first-order chi connectivity index (χ1) is 9.99. The third-order valence-corrected chi connectivity index (χ3v) is 3.95. The van der Waals surface area contributed by atoms with Gasteiger partial charge in [0.15, 0.2) is 0 Å². The van der Waals surface area contributed by atoms with Crippen molar-refractivity contribution in [2.45, 2.75) is 45.3 Å². The normalized spacial score (nSPS) is 16.3. The molecule has 1 aromatic rings. The zero-order valence-corrected chi connectivity index (χ0v) is 13.7. The number of anilines is 1. The van der Waals surface area contributed by atoms with E-state index in [-0.39, 0.29) is 5.82 Å². The average Bonchev–Trinajstić information content (AvgIpc) is 3.19. The molecule has 0 heterocycles. The first-order valence-corrected chi connectivity index (χ1v) is 7.93. The van der Waals surface area contributed by atoms with Gasteiger partial charge >= 0.3 is 0 Å². The van der Waals surface area contributed by atoms with Crippen LogP contribution >= 0.6 is 0 Å². The van der Waals surface area contributed by atoms with Gasteiger partial charge in [-0.3, -0.25) is 0 Å². The highest BCUT2D eigenvalue weighted by molar-refractivity contribution is 5.50. The van der Waals surface area contributed by atoms with Crippen LogP contribution in [0.5, 0.6) is 0 Å². The highest BCUT2D eigenvalue weighted by Gasteiger charge is 2.20. The molecule has 1 aliphatic rings. The number of halogens is 1. The Hall–Kier alpha value is -1.13. The fraction of sp³-hybridized carbons (Fsp3) is 0.647. The Kier molecular flexibility index (Phi) is 5.59. The van der Waals surface area contributed by atoms with E-state index < -0.39 is 0 Å². The van der Waals surface area contributed by atoms with E-state index in [0.717, 1.165) is 30.9 Å². The van der Waals surface area contributed by atoms with E-state index in [1.165, 1.54) is 12.8 Å². The lowest BCUT2D eigenvalue weighted by molar-refractivity contribution is 0.373. The standard InChI is InChI=1S/C17H28FN3/c1-5-21(13(2)12-20(3)4)17-9-14(8-15(18)10-17)11-19-16-6-7-16/h8-10,13,16,19H,5-7,11-12H2,1-4H3. The van der Waals surface area contributed by atoms with Crippen LogP contribution in [0.15, 0.2) is 18.2 Å². The summed E-state index contributed by atoms with van der Waals surface area (Å²) in [7, 11) is 4.14. The van der Waals surface area contributed by atoms with Crippen molar-refractivity contribution in [3.8, 4) is 0 Å². The molecule has 0 aliphatic heterocycles. The summed E-state index contributed by atoms with van der Waals surface area (Å²) in [6.07, 6.45) is 2.51. The second kappa shape index (κ2) is 7.23. The molecule has 3 nitrogen and oxygen atoms in total. The molecule has 0 bridgehead atoms. The monoisotopic (exact) mass is 293 g/mol. The second-order valence-corrected chi connectivity index (χ2v) is 6.37. The summed E-state index contributed by atoms with van der Waals surface area (Å²) in [6.45, 7) is 6.92. The quantitative estimate of drug-likeness (QED) is 0.795. The molecule has 1 aliphatic carbocycles. The largest absolute Gasteiger partial charge is 0.368 e. The molecule has 0 aromatic heterocycles. The highest BCUT2D eigenvalue weighted by Crippen LogP contribution is 2.23. The van der Waals surface area contributed by atoms with Gasteiger partial charge in [0.05, 0.1) is 0 Å². The van der Waals surface area contributed by atoms with Crippen molar-refractivity contribution in [2.24, 2.45) is 0 Å². The lowest BCUT2D eigenvalue weighted by Gasteiger charge is -2.32. The van der Waals surface area contributed by atoms with Crippen LogP contribution < -0.4 is 10.2 Å². The van der Waals surface area contributed by atoms with E-state index in [9.17, 15) is 4.39 Å². The Bertz CT molecular complexity index is 457. The molecule has 1 atom stereocenters. The Balaban J connectivity index is 2.10. The maximum Gasteiger partial charge on any atom is 0.125 e. The summed E-state index contributed by atoms with van der Waals surface area (Å²) in [5, 5.41) is 3.45. The summed E-state index contributed by atoms with van der Waals surface area (Å²) < 4.78 is 13.9. The van der Waals surface area contributed by atoms with Crippen molar-refractivity contribution in [2.75, 3.05) is 32.1 Å². The van der Waals surface area contributed by atoms with E-state index >= 15 is 0 Å². The second-order valence-electron chi connectivity index (χ2n) is 6.37. The molecular weight excluding hydrogens is 265 g/mol. The van der Waals surface area contributed by atoms with E-state index in [1.807, 2.05) is 0 Å². The summed E-state index contributed by atoms with van der Waals surface area (Å²) in [5.41, 5.74) is 2.02. The Morgan fingerprint density at radius 2 is 2.00 bits per heavy atom. The van der Waals surface area contributed by atoms with Crippen LogP contribution in [0.2, 0.25) is 0 Å². The molecular formula is C17H28FN3. The van der Waals surface area contributed by atoms with Gasteiger partial charge in [-0.05, 0) is 64.5 Å². The molecule has 2 rings (SSSR count). The molecule has 0 radical (unpaired) electrons. The van der Waals surface area contributed by atoms with Crippen LogP contribution in [0.1, 0.15) is 32.3 Å². The molecule has 0 saturated heterocycles. The van der Waals surface area contributed by atoms with Crippen LogP contribution in [0.3, 0.4) is 0 Å². The van der Waals surface area contributed by atoms with Gasteiger partial charge in [0, 0.05) is 37.4 Å². The van der Waals surface area contributed by atoms with Gasteiger partial charge in [0.2, 0.25) is 0 Å². The average molecular weight is 293 g/mol. The Morgan fingerprint density at radius 1 is 1.29 bits per heavy atom. The first-order valence-electron chi connectivity index (χ1n) is 7.93. The van der Waals surface area contributed by atoms with Gasteiger partial charge in [-0.15, -0.1) is 0 Å². The van der Waals surface area contributed by atoms with E-state index in [0.29, 0.717) is 12.1 Å². The molecule has 0 spiro atoms. The first kappa shape index (κ1) is 16.2. The predicted octanol–water partition coefficient (Wildman–Crippen LogP) is 2.85. The fourth-order valence-corrected chi connectivity index (χ4v) is 2.83. The number of nitrogens with one attached hydrogen (secondary N) is 1. The smallest absolute Gasteiger partial charge is 0.125 e. The van der Waals surface area contributed by atoms with E-state index in [4.69, 9.17) is 0 Å². The molecule has 4 heteroatoms. The lowest BCUT2D eigenvalue weighted by Crippen LogP contribution is -2.40. The number of hydrogen-bond acceptors (Lipinski definition) is 3. The molecule has 0 amide bonds. The Morgan fingerprint density at radius 3 is 2.57 bits per heavy atom. The van der Waals surface area contributed by atoms with Gasteiger partial charge in [0.25, 0.3) is 0 Å². The molecule has 1 N–H and O–H groups in total. The van der Waals surface area contributed by atoms with Crippen molar-refractivity contribution in [1.29, 1.82) is 0 Å². The highest BCUT2D eigenvalue weighted by atomic mass is 19.1. The van der Waals surface area contributed by atoms with Crippen LogP contribution in [-0.4, -0.2) is 44.2 Å². The van der Waals surface area contributed by atoms with Crippen molar-refractivity contribution in [3.63, 3.8) is 0 Å². The van der Waals surface area contributed by atoms with Gasteiger partial charge < -0.3 is 15.1 Å². The zero-order chi connectivity index (χ0) is 15.4. The van der Waals surface area contributed by atoms with Crippen LogP contribution in [0, 0.1) is 5.82 Å². The van der Waals surface area contributed by atoms with Gasteiger partial charge in [0.1, 0.15) is 5.82 Å². The van der Waals surface area contributed by atoms with Crippen molar-refractivity contribution in [3.05, 3.63) is 29.6 Å². The fourth-order valence-electron chi connectivity index (χ4n) is 2.83.